The van der Waals surface area contributed by atoms with E-state index in [-0.39, 0.29) is 12.6 Å². The number of rotatable bonds is 6. The van der Waals surface area contributed by atoms with Crippen molar-refractivity contribution in [1.82, 2.24) is 14.7 Å². The van der Waals surface area contributed by atoms with Gasteiger partial charge in [0.2, 0.25) is 0 Å². The zero-order valence-electron chi connectivity index (χ0n) is 18.2. The van der Waals surface area contributed by atoms with E-state index in [1.165, 1.54) is 0 Å². The van der Waals surface area contributed by atoms with E-state index in [1.807, 2.05) is 27.7 Å². The third-order valence-corrected chi connectivity index (χ3v) is 6.50. The molecule has 8 nitrogen and oxygen atoms in total. The number of hydrogen-bond acceptors (Lipinski definition) is 8. The Balaban J connectivity index is 2.05. The highest BCUT2D eigenvalue weighted by molar-refractivity contribution is 7.90. The molecule has 30 heavy (non-hydrogen) atoms. The first-order chi connectivity index (χ1) is 14.2. The minimum atomic E-state index is -1.28. The Bertz CT molecular complexity index is 896. The molecule has 0 amide bonds. The summed E-state index contributed by atoms with van der Waals surface area (Å²) in [6, 6.07) is 3.15. The van der Waals surface area contributed by atoms with Crippen molar-refractivity contribution >= 4 is 34.2 Å². The Labute approximate surface area is 180 Å². The fourth-order valence-corrected chi connectivity index (χ4v) is 3.94. The number of anilines is 1. The zero-order valence-corrected chi connectivity index (χ0v) is 19.0. The van der Waals surface area contributed by atoms with Crippen molar-refractivity contribution in [2.24, 2.45) is 0 Å². The second kappa shape index (κ2) is 9.47. The molecule has 1 aromatic heterocycles. The van der Waals surface area contributed by atoms with Crippen LogP contribution in [0.15, 0.2) is 18.3 Å². The fourth-order valence-electron chi connectivity index (χ4n) is 3.14. The number of nitrogens with zero attached hydrogens (tertiary/aromatic N) is 3. The molecule has 164 valence electrons. The van der Waals surface area contributed by atoms with Gasteiger partial charge in [0.1, 0.15) is 10.6 Å². The quantitative estimate of drug-likeness (QED) is 0.547. The third-order valence-electron chi connectivity index (χ3n) is 4.82. The standard InChI is InChI=1S/C21H30N4O4S/c1-6-29-20(26)15-11-16(14(2)24-30(27)21(3,4)5)19-17(12-15)22-13-18(23-19)25-7-9-28-10-8-25/h11-14,24H,6-10H2,1-5H3. The maximum Gasteiger partial charge on any atom is 0.338 e. The molecular formula is C21H30N4O4S. The first-order valence-electron chi connectivity index (χ1n) is 10.2. The Hall–Kier alpha value is -1.94. The minimum absolute atomic E-state index is 0.287. The largest absolute Gasteiger partial charge is 0.598 e. The molecule has 9 heteroatoms. The van der Waals surface area contributed by atoms with Gasteiger partial charge in [-0.1, -0.05) is 0 Å². The summed E-state index contributed by atoms with van der Waals surface area (Å²) in [6.07, 6.45) is 1.72. The lowest BCUT2D eigenvalue weighted by Crippen LogP contribution is -2.40. The number of morpholine rings is 1. The lowest BCUT2D eigenvalue weighted by molar-refractivity contribution is 0.0526. The molecule has 2 atom stereocenters. The summed E-state index contributed by atoms with van der Waals surface area (Å²) in [4.78, 5) is 23.9. The number of aromatic nitrogens is 2. The van der Waals surface area contributed by atoms with E-state index in [9.17, 15) is 9.35 Å². The molecule has 0 saturated carbocycles. The van der Waals surface area contributed by atoms with Gasteiger partial charge in [0.05, 0.1) is 48.7 Å². The van der Waals surface area contributed by atoms with E-state index in [4.69, 9.17) is 14.5 Å². The topological polar surface area (TPSA) is 99.6 Å². The fraction of sp³-hybridized carbons (Fsp3) is 0.571. The third kappa shape index (κ3) is 5.21. The van der Waals surface area contributed by atoms with E-state index in [0.29, 0.717) is 29.8 Å². The first kappa shape index (κ1) is 22.7. The Kier molecular flexibility index (Phi) is 7.18. The summed E-state index contributed by atoms with van der Waals surface area (Å²) < 4.78 is 26.0. The number of esters is 1. The van der Waals surface area contributed by atoms with Gasteiger partial charge in [-0.3, -0.25) is 4.98 Å². The molecule has 2 aromatic rings. The van der Waals surface area contributed by atoms with E-state index < -0.39 is 22.1 Å². The van der Waals surface area contributed by atoms with Crippen LogP contribution in [0.1, 0.15) is 56.6 Å². The smallest absolute Gasteiger partial charge is 0.338 e. The van der Waals surface area contributed by atoms with Crippen molar-refractivity contribution in [2.75, 3.05) is 37.8 Å². The van der Waals surface area contributed by atoms with Crippen LogP contribution < -0.4 is 9.62 Å². The molecule has 1 aliphatic rings. The highest BCUT2D eigenvalue weighted by Crippen LogP contribution is 2.28. The van der Waals surface area contributed by atoms with Crippen LogP contribution in [0, 0.1) is 0 Å². The average molecular weight is 435 g/mol. The second-order valence-electron chi connectivity index (χ2n) is 8.20. The maximum absolute atomic E-state index is 12.7. The summed E-state index contributed by atoms with van der Waals surface area (Å²) in [5, 5.41) is 0. The van der Waals surface area contributed by atoms with Crippen LogP contribution in [0.25, 0.3) is 11.0 Å². The molecule has 1 saturated heterocycles. The summed E-state index contributed by atoms with van der Waals surface area (Å²) in [7, 11) is 0. The average Bonchev–Trinajstić information content (AvgIpc) is 2.72. The summed E-state index contributed by atoms with van der Waals surface area (Å²) in [6.45, 7) is 12.5. The van der Waals surface area contributed by atoms with Gasteiger partial charge >= 0.3 is 5.97 Å². The van der Waals surface area contributed by atoms with Gasteiger partial charge in [-0.15, -0.1) is 4.72 Å². The van der Waals surface area contributed by atoms with Gasteiger partial charge in [0.15, 0.2) is 0 Å². The number of fused-ring (bicyclic) bond motifs is 1. The van der Waals surface area contributed by atoms with E-state index in [2.05, 4.69) is 14.6 Å². The Morgan fingerprint density at radius 3 is 2.70 bits per heavy atom. The molecule has 0 aliphatic carbocycles. The molecule has 0 radical (unpaired) electrons. The molecule has 0 bridgehead atoms. The molecule has 2 heterocycles. The molecular weight excluding hydrogens is 404 g/mol. The SMILES string of the molecule is CCOC(=O)c1cc(C(C)N[S+]([O-])C(C)(C)C)c2nc(N3CCOCC3)cnc2c1. The normalized spacial score (nSPS) is 17.1. The van der Waals surface area contributed by atoms with Crippen LogP contribution in [-0.4, -0.2) is 58.1 Å². The lowest BCUT2D eigenvalue weighted by Gasteiger charge is -2.28. The highest BCUT2D eigenvalue weighted by atomic mass is 32.2. The number of benzene rings is 1. The molecule has 1 N–H and O–H groups in total. The van der Waals surface area contributed by atoms with Gasteiger partial charge in [-0.05, 0) is 46.8 Å². The number of nitrogens with one attached hydrogen (secondary N) is 1. The molecule has 3 rings (SSSR count). The van der Waals surface area contributed by atoms with Crippen LogP contribution in [0.4, 0.5) is 5.82 Å². The molecule has 1 aliphatic heterocycles. The molecule has 0 spiro atoms. The van der Waals surface area contributed by atoms with E-state index in [0.717, 1.165) is 24.5 Å². The maximum atomic E-state index is 12.7. The summed E-state index contributed by atoms with van der Waals surface area (Å²) >= 11 is -1.28. The summed E-state index contributed by atoms with van der Waals surface area (Å²) in [5.74, 6) is 0.351. The minimum Gasteiger partial charge on any atom is -0.598 e. The number of carbonyl (C=O) groups excluding carboxylic acids is 1. The predicted molar refractivity (Wildman–Crippen MR) is 118 cm³/mol. The van der Waals surface area contributed by atoms with Crippen LogP contribution >= 0.6 is 0 Å². The molecule has 2 unspecified atom stereocenters. The Morgan fingerprint density at radius 2 is 2.07 bits per heavy atom. The van der Waals surface area contributed by atoms with Gasteiger partial charge in [-0.25, -0.2) is 9.78 Å². The summed E-state index contributed by atoms with van der Waals surface area (Å²) in [5.41, 5.74) is 2.44. The second-order valence-corrected chi connectivity index (χ2v) is 10.2. The van der Waals surface area contributed by atoms with Crippen LogP contribution in [-0.2, 0) is 20.8 Å². The molecule has 1 fully saturated rings. The van der Waals surface area contributed by atoms with E-state index >= 15 is 0 Å². The van der Waals surface area contributed by atoms with Crippen molar-refractivity contribution in [3.05, 3.63) is 29.5 Å². The van der Waals surface area contributed by atoms with Gasteiger partial charge in [0.25, 0.3) is 0 Å². The number of carbonyl (C=O) groups is 1. The molecule has 1 aromatic carbocycles. The van der Waals surface area contributed by atoms with Crippen LogP contribution in [0.5, 0.6) is 0 Å². The van der Waals surface area contributed by atoms with E-state index in [1.54, 1.807) is 25.3 Å². The van der Waals surface area contributed by atoms with Crippen molar-refractivity contribution in [3.8, 4) is 0 Å². The van der Waals surface area contributed by atoms with Crippen molar-refractivity contribution in [2.45, 2.75) is 45.4 Å². The van der Waals surface area contributed by atoms with Crippen molar-refractivity contribution < 1.29 is 18.8 Å². The Morgan fingerprint density at radius 1 is 1.37 bits per heavy atom. The van der Waals surface area contributed by atoms with Crippen molar-refractivity contribution in [3.63, 3.8) is 0 Å². The van der Waals surface area contributed by atoms with Crippen molar-refractivity contribution in [1.29, 1.82) is 0 Å². The zero-order chi connectivity index (χ0) is 21.9. The number of hydrogen-bond donors (Lipinski definition) is 1. The number of ether oxygens (including phenoxy) is 2. The monoisotopic (exact) mass is 434 g/mol. The van der Waals surface area contributed by atoms with Gasteiger partial charge in [0, 0.05) is 30.0 Å². The highest BCUT2D eigenvalue weighted by Gasteiger charge is 2.29. The lowest BCUT2D eigenvalue weighted by atomic mass is 10.0. The van der Waals surface area contributed by atoms with Gasteiger partial charge in [-0.2, -0.15) is 0 Å². The predicted octanol–water partition coefficient (Wildman–Crippen LogP) is 2.76. The van der Waals surface area contributed by atoms with Crippen LogP contribution in [0.3, 0.4) is 0 Å². The first-order valence-corrected chi connectivity index (χ1v) is 11.3. The van der Waals surface area contributed by atoms with Crippen LogP contribution in [0.2, 0.25) is 0 Å². The van der Waals surface area contributed by atoms with Gasteiger partial charge < -0.3 is 18.9 Å².